The summed E-state index contributed by atoms with van der Waals surface area (Å²) in [6, 6.07) is 0. The van der Waals surface area contributed by atoms with Crippen LogP contribution in [0.2, 0.25) is 0 Å². The molecule has 0 aromatic heterocycles. The molecule has 2 atom stereocenters. The van der Waals surface area contributed by atoms with Gasteiger partial charge in [0.05, 0.1) is 17.9 Å². The molecule has 7 heteroatoms. The molecule has 6 nitrogen and oxygen atoms in total. The predicted octanol–water partition coefficient (Wildman–Crippen LogP) is 0.174. The maximum absolute atomic E-state index is 12.3. The van der Waals surface area contributed by atoms with Gasteiger partial charge in [-0.1, -0.05) is 6.42 Å². The van der Waals surface area contributed by atoms with Crippen LogP contribution in [0.4, 0.5) is 0 Å². The number of likely N-dealkylation sites (tertiary alicyclic amines) is 1. The van der Waals surface area contributed by atoms with Crippen molar-refractivity contribution >= 4 is 15.9 Å². The van der Waals surface area contributed by atoms with Crippen LogP contribution in [0.5, 0.6) is 0 Å². The molecular weight excluding hydrogens is 292 g/mol. The van der Waals surface area contributed by atoms with Crippen LogP contribution in [0.1, 0.15) is 38.5 Å². The first-order chi connectivity index (χ1) is 9.84. The summed E-state index contributed by atoms with van der Waals surface area (Å²) in [6.45, 7) is 1.30. The molecule has 0 aromatic rings. The number of carbonyl (C=O) groups is 1. The van der Waals surface area contributed by atoms with E-state index >= 15 is 0 Å². The Morgan fingerprint density at radius 2 is 1.90 bits per heavy atom. The molecule has 0 bridgehead atoms. The molecule has 1 amide bonds. The van der Waals surface area contributed by atoms with E-state index in [0.717, 1.165) is 25.7 Å². The number of aliphatic hydroxyl groups is 1. The highest BCUT2D eigenvalue weighted by Gasteiger charge is 2.53. The van der Waals surface area contributed by atoms with Crippen LogP contribution in [0.25, 0.3) is 0 Å². The summed E-state index contributed by atoms with van der Waals surface area (Å²) in [5.41, 5.74) is -0.690. The smallest absolute Gasteiger partial charge is 0.225 e. The fourth-order valence-electron chi connectivity index (χ4n) is 4.03. The Kier molecular flexibility index (Phi) is 3.78. The Labute approximate surface area is 126 Å². The van der Waals surface area contributed by atoms with E-state index in [-0.39, 0.29) is 18.4 Å². The van der Waals surface area contributed by atoms with Gasteiger partial charge in [-0.3, -0.25) is 4.79 Å². The Morgan fingerprint density at radius 1 is 1.19 bits per heavy atom. The molecule has 1 saturated carbocycles. The molecule has 1 spiro atoms. The number of piperidine rings is 1. The summed E-state index contributed by atoms with van der Waals surface area (Å²) in [5, 5.41) is 10.6. The van der Waals surface area contributed by atoms with Gasteiger partial charge in [0.25, 0.3) is 0 Å². The van der Waals surface area contributed by atoms with Crippen molar-refractivity contribution in [3.8, 4) is 0 Å². The van der Waals surface area contributed by atoms with Crippen molar-refractivity contribution in [1.29, 1.82) is 0 Å². The molecule has 3 fully saturated rings. The molecule has 2 aliphatic heterocycles. The summed E-state index contributed by atoms with van der Waals surface area (Å²) < 4.78 is 25.4. The van der Waals surface area contributed by atoms with Gasteiger partial charge in [-0.15, -0.1) is 0 Å². The molecule has 3 aliphatic rings. The van der Waals surface area contributed by atoms with Crippen LogP contribution in [-0.2, 0) is 14.8 Å². The van der Waals surface area contributed by atoms with Gasteiger partial charge in [0.2, 0.25) is 15.9 Å². The SMILES string of the molecule is CS(=O)(=O)N1CCC[C@@]12CCN(C(=O)C1CCC1)C[C@@H]2O. The molecule has 21 heavy (non-hydrogen) atoms. The van der Waals surface area contributed by atoms with Gasteiger partial charge >= 0.3 is 0 Å². The lowest BCUT2D eigenvalue weighted by molar-refractivity contribution is -0.145. The number of nitrogens with zero attached hydrogens (tertiary/aromatic N) is 2. The molecule has 120 valence electrons. The van der Waals surface area contributed by atoms with Gasteiger partial charge < -0.3 is 10.0 Å². The number of hydrogen-bond acceptors (Lipinski definition) is 4. The van der Waals surface area contributed by atoms with Gasteiger partial charge in [0.1, 0.15) is 0 Å². The first-order valence-electron chi connectivity index (χ1n) is 7.79. The number of amides is 1. The van der Waals surface area contributed by atoms with Gasteiger partial charge in [-0.2, -0.15) is 4.31 Å². The van der Waals surface area contributed by atoms with E-state index in [0.29, 0.717) is 25.9 Å². The first-order valence-corrected chi connectivity index (χ1v) is 9.64. The number of rotatable bonds is 2. The summed E-state index contributed by atoms with van der Waals surface area (Å²) in [6.07, 6.45) is 5.44. The normalized spacial score (nSPS) is 35.1. The van der Waals surface area contributed by atoms with Crippen molar-refractivity contribution in [2.45, 2.75) is 50.2 Å². The molecule has 1 N–H and O–H groups in total. The first kappa shape index (κ1) is 15.2. The average Bonchev–Trinajstić information content (AvgIpc) is 2.75. The largest absolute Gasteiger partial charge is 0.389 e. The van der Waals surface area contributed by atoms with Crippen LogP contribution in [-0.4, -0.2) is 66.2 Å². The standard InChI is InChI=1S/C14H24N2O4S/c1-21(19,20)16-8-3-6-14(16)7-9-15(10-12(14)17)13(18)11-4-2-5-11/h11-12,17H,2-10H2,1H3/t12-,14-/m0/s1. The second-order valence-electron chi connectivity index (χ2n) is 6.72. The van der Waals surface area contributed by atoms with Crippen molar-refractivity contribution in [2.24, 2.45) is 5.92 Å². The maximum atomic E-state index is 12.3. The van der Waals surface area contributed by atoms with Gasteiger partial charge in [0.15, 0.2) is 0 Å². The molecule has 0 aromatic carbocycles. The topological polar surface area (TPSA) is 77.9 Å². The van der Waals surface area contributed by atoms with E-state index in [9.17, 15) is 18.3 Å². The maximum Gasteiger partial charge on any atom is 0.225 e. The lowest BCUT2D eigenvalue weighted by Crippen LogP contribution is -2.63. The molecule has 0 unspecified atom stereocenters. The van der Waals surface area contributed by atoms with E-state index in [1.165, 1.54) is 10.6 Å². The van der Waals surface area contributed by atoms with Crippen molar-refractivity contribution in [3.63, 3.8) is 0 Å². The zero-order chi connectivity index (χ0) is 15.3. The number of β-amino-alcohol motifs (C(OH)–C–C–N with tert-alkyl or cyclic N) is 1. The third-order valence-electron chi connectivity index (χ3n) is 5.46. The van der Waals surface area contributed by atoms with Crippen LogP contribution >= 0.6 is 0 Å². The molecule has 2 heterocycles. The minimum absolute atomic E-state index is 0.126. The van der Waals surface area contributed by atoms with E-state index in [1.54, 1.807) is 4.90 Å². The van der Waals surface area contributed by atoms with Crippen molar-refractivity contribution < 1.29 is 18.3 Å². The third-order valence-corrected chi connectivity index (χ3v) is 6.81. The van der Waals surface area contributed by atoms with E-state index < -0.39 is 21.7 Å². The second-order valence-corrected chi connectivity index (χ2v) is 8.63. The van der Waals surface area contributed by atoms with Crippen LogP contribution in [0, 0.1) is 5.92 Å². The third kappa shape index (κ3) is 2.49. The van der Waals surface area contributed by atoms with Crippen LogP contribution < -0.4 is 0 Å². The predicted molar refractivity (Wildman–Crippen MR) is 78.1 cm³/mol. The highest BCUT2D eigenvalue weighted by Crippen LogP contribution is 2.41. The Bertz CT molecular complexity index is 531. The molecule has 3 rings (SSSR count). The van der Waals surface area contributed by atoms with Crippen molar-refractivity contribution in [2.75, 3.05) is 25.9 Å². The molecular formula is C14H24N2O4S. The fraction of sp³-hybridized carbons (Fsp3) is 0.929. The zero-order valence-corrected chi connectivity index (χ0v) is 13.3. The minimum Gasteiger partial charge on any atom is -0.389 e. The monoisotopic (exact) mass is 316 g/mol. The number of aliphatic hydroxyl groups excluding tert-OH is 1. The zero-order valence-electron chi connectivity index (χ0n) is 12.5. The summed E-state index contributed by atoms with van der Waals surface area (Å²) in [4.78, 5) is 14.0. The molecule has 0 radical (unpaired) electrons. The van der Waals surface area contributed by atoms with E-state index in [2.05, 4.69) is 0 Å². The summed E-state index contributed by atoms with van der Waals surface area (Å²) in [5.74, 6) is 0.264. The summed E-state index contributed by atoms with van der Waals surface area (Å²) in [7, 11) is -3.32. The Hall–Kier alpha value is -0.660. The van der Waals surface area contributed by atoms with Crippen LogP contribution in [0.15, 0.2) is 0 Å². The lowest BCUT2D eigenvalue weighted by atomic mass is 9.80. The van der Waals surface area contributed by atoms with Gasteiger partial charge in [0, 0.05) is 25.6 Å². The number of carbonyl (C=O) groups excluding carboxylic acids is 1. The fourth-order valence-corrected chi connectivity index (χ4v) is 5.46. The number of sulfonamides is 1. The molecule has 1 aliphatic carbocycles. The van der Waals surface area contributed by atoms with E-state index in [1.807, 2.05) is 0 Å². The summed E-state index contributed by atoms with van der Waals surface area (Å²) >= 11 is 0. The Morgan fingerprint density at radius 3 is 2.43 bits per heavy atom. The van der Waals surface area contributed by atoms with Crippen molar-refractivity contribution in [1.82, 2.24) is 9.21 Å². The average molecular weight is 316 g/mol. The lowest BCUT2D eigenvalue weighted by Gasteiger charge is -2.48. The highest BCUT2D eigenvalue weighted by atomic mass is 32.2. The highest BCUT2D eigenvalue weighted by molar-refractivity contribution is 7.88. The Balaban J connectivity index is 1.74. The quantitative estimate of drug-likeness (QED) is 0.788. The molecule has 2 saturated heterocycles. The minimum atomic E-state index is -3.32. The van der Waals surface area contributed by atoms with Crippen LogP contribution in [0.3, 0.4) is 0 Å². The van der Waals surface area contributed by atoms with Crippen molar-refractivity contribution in [3.05, 3.63) is 0 Å². The number of hydrogen-bond donors (Lipinski definition) is 1. The second kappa shape index (κ2) is 5.21. The van der Waals surface area contributed by atoms with Gasteiger partial charge in [-0.25, -0.2) is 8.42 Å². The van der Waals surface area contributed by atoms with E-state index in [4.69, 9.17) is 0 Å². The van der Waals surface area contributed by atoms with Gasteiger partial charge in [-0.05, 0) is 32.1 Å².